The summed E-state index contributed by atoms with van der Waals surface area (Å²) >= 11 is 5.75. The number of benzene rings is 2. The number of hydrogen-bond donors (Lipinski definition) is 1. The first-order valence-electron chi connectivity index (χ1n) is 9.67. The summed E-state index contributed by atoms with van der Waals surface area (Å²) in [4.78, 5) is 35.9. The van der Waals surface area contributed by atoms with Crippen molar-refractivity contribution in [1.29, 1.82) is 0 Å². The Balaban J connectivity index is 1.60. The summed E-state index contributed by atoms with van der Waals surface area (Å²) in [6.07, 6.45) is 1.48. The van der Waals surface area contributed by atoms with Crippen molar-refractivity contribution in [3.8, 4) is 5.75 Å². The molecule has 0 saturated heterocycles. The first-order valence-corrected chi connectivity index (χ1v) is 10.0. The maximum absolute atomic E-state index is 14.0. The Morgan fingerprint density at radius 3 is 2.72 bits per heavy atom. The van der Waals surface area contributed by atoms with E-state index < -0.39 is 11.7 Å². The number of aliphatic imine (C=N–C) groups is 1. The molecular weight excluding hydrogens is 435 g/mol. The number of pyridine rings is 1. The third-order valence-electron chi connectivity index (χ3n) is 4.83. The Morgan fingerprint density at radius 2 is 2.00 bits per heavy atom. The van der Waals surface area contributed by atoms with E-state index in [9.17, 15) is 14.0 Å². The van der Waals surface area contributed by atoms with Gasteiger partial charge in [0.25, 0.3) is 0 Å². The van der Waals surface area contributed by atoms with Gasteiger partial charge in [-0.25, -0.2) is 14.4 Å². The minimum atomic E-state index is -0.670. The molecule has 2 aromatic carbocycles. The van der Waals surface area contributed by atoms with Crippen LogP contribution >= 0.6 is 11.6 Å². The fourth-order valence-corrected chi connectivity index (χ4v) is 3.42. The second-order valence-electron chi connectivity index (χ2n) is 6.96. The van der Waals surface area contributed by atoms with Crippen LogP contribution in [0.2, 0.25) is 5.02 Å². The third-order valence-corrected chi connectivity index (χ3v) is 5.06. The number of hydrogen-bond acceptors (Lipinski definition) is 5. The zero-order valence-corrected chi connectivity index (χ0v) is 17.8. The molecule has 0 saturated carbocycles. The number of anilines is 2. The van der Waals surface area contributed by atoms with Crippen LogP contribution in [0.5, 0.6) is 5.75 Å². The van der Waals surface area contributed by atoms with Gasteiger partial charge in [0.1, 0.15) is 23.8 Å². The average Bonchev–Trinajstić information content (AvgIpc) is 2.92. The van der Waals surface area contributed by atoms with Crippen molar-refractivity contribution in [2.24, 2.45) is 4.99 Å². The highest BCUT2D eigenvalue weighted by Gasteiger charge is 2.28. The van der Waals surface area contributed by atoms with Crippen LogP contribution in [0.15, 0.2) is 65.8 Å². The van der Waals surface area contributed by atoms with Gasteiger partial charge in [0.2, 0.25) is 11.8 Å². The number of ether oxygens (including phenoxy) is 1. The molecule has 32 heavy (non-hydrogen) atoms. The van der Waals surface area contributed by atoms with Crippen LogP contribution in [0.3, 0.4) is 0 Å². The predicted octanol–water partition coefficient (Wildman–Crippen LogP) is 4.38. The number of methoxy groups -OCH3 is 1. The molecular formula is C23H18ClFN4O3. The SMILES string of the molecule is COc1ccc(C2=Nc3cccnc3N(CC(=O)Nc3ccc(Cl)cc3F)C(=O)C2)cc1. The number of fused-ring (bicyclic) bond motifs is 1. The maximum atomic E-state index is 14.0. The minimum absolute atomic E-state index is 0.0295. The van der Waals surface area contributed by atoms with E-state index >= 15 is 0 Å². The normalized spacial score (nSPS) is 13.2. The second-order valence-corrected chi connectivity index (χ2v) is 7.40. The summed E-state index contributed by atoms with van der Waals surface area (Å²) in [6, 6.07) is 14.5. The summed E-state index contributed by atoms with van der Waals surface area (Å²) in [7, 11) is 1.57. The number of nitrogens with one attached hydrogen (secondary N) is 1. The van der Waals surface area contributed by atoms with Gasteiger partial charge in [-0.2, -0.15) is 0 Å². The molecule has 9 heteroatoms. The average molecular weight is 453 g/mol. The van der Waals surface area contributed by atoms with Crippen LogP contribution in [0, 0.1) is 5.82 Å². The van der Waals surface area contributed by atoms with Crippen molar-refractivity contribution in [2.45, 2.75) is 6.42 Å². The molecule has 0 unspecified atom stereocenters. The van der Waals surface area contributed by atoms with Crippen molar-refractivity contribution < 1.29 is 18.7 Å². The highest BCUT2D eigenvalue weighted by Crippen LogP contribution is 2.31. The lowest BCUT2D eigenvalue weighted by Gasteiger charge is -2.20. The van der Waals surface area contributed by atoms with Crippen LogP contribution in [-0.4, -0.2) is 36.2 Å². The maximum Gasteiger partial charge on any atom is 0.244 e. The lowest BCUT2D eigenvalue weighted by Crippen LogP contribution is -2.39. The number of carbonyl (C=O) groups excluding carboxylic acids is 2. The van der Waals surface area contributed by atoms with Gasteiger partial charge in [-0.05, 0) is 60.2 Å². The smallest absolute Gasteiger partial charge is 0.244 e. The molecule has 1 aliphatic heterocycles. The Labute approximate surface area is 188 Å². The summed E-state index contributed by atoms with van der Waals surface area (Å²) in [5, 5.41) is 2.68. The van der Waals surface area contributed by atoms with Crippen molar-refractivity contribution >= 4 is 46.3 Å². The summed E-state index contributed by atoms with van der Waals surface area (Å²) in [5.74, 6) is -0.665. The van der Waals surface area contributed by atoms with Gasteiger partial charge in [0.05, 0.1) is 24.9 Å². The van der Waals surface area contributed by atoms with Crippen LogP contribution in [0.1, 0.15) is 12.0 Å². The Hall–Kier alpha value is -3.78. The third kappa shape index (κ3) is 4.60. The number of rotatable bonds is 5. The fourth-order valence-electron chi connectivity index (χ4n) is 3.26. The van der Waals surface area contributed by atoms with Gasteiger partial charge < -0.3 is 10.1 Å². The van der Waals surface area contributed by atoms with Crippen LogP contribution in [0.25, 0.3) is 0 Å². The van der Waals surface area contributed by atoms with Crippen LogP contribution < -0.4 is 15.0 Å². The Kier molecular flexibility index (Phi) is 6.13. The van der Waals surface area contributed by atoms with Gasteiger partial charge in [0.15, 0.2) is 5.82 Å². The lowest BCUT2D eigenvalue weighted by molar-refractivity contribution is -0.120. The van der Waals surface area contributed by atoms with Crippen molar-refractivity contribution in [2.75, 3.05) is 23.9 Å². The van der Waals surface area contributed by atoms with Gasteiger partial charge in [-0.1, -0.05) is 11.6 Å². The first kappa shape index (κ1) is 21.5. The zero-order chi connectivity index (χ0) is 22.7. The van der Waals surface area contributed by atoms with E-state index in [0.717, 1.165) is 11.6 Å². The summed E-state index contributed by atoms with van der Waals surface area (Å²) in [5.41, 5.74) is 1.72. The topological polar surface area (TPSA) is 83.9 Å². The highest BCUT2D eigenvalue weighted by atomic mass is 35.5. The number of nitrogens with zero attached hydrogens (tertiary/aromatic N) is 3. The molecule has 1 aromatic heterocycles. The van der Waals surface area contributed by atoms with E-state index in [1.54, 1.807) is 31.4 Å². The molecule has 0 aliphatic carbocycles. The minimum Gasteiger partial charge on any atom is -0.497 e. The molecule has 1 N–H and O–H groups in total. The summed E-state index contributed by atoms with van der Waals surface area (Å²) < 4.78 is 19.2. The molecule has 1 aliphatic rings. The fraction of sp³-hybridized carbons (Fsp3) is 0.130. The summed E-state index contributed by atoms with van der Waals surface area (Å²) in [6.45, 7) is -0.351. The largest absolute Gasteiger partial charge is 0.497 e. The predicted molar refractivity (Wildman–Crippen MR) is 120 cm³/mol. The van der Waals surface area contributed by atoms with Crippen molar-refractivity contribution in [1.82, 2.24) is 4.98 Å². The van der Waals surface area contributed by atoms with Crippen LogP contribution in [0.4, 0.5) is 21.6 Å². The molecule has 4 rings (SSSR count). The molecule has 0 radical (unpaired) electrons. The zero-order valence-electron chi connectivity index (χ0n) is 17.0. The molecule has 2 heterocycles. The number of halogens is 2. The van der Waals surface area contributed by atoms with E-state index in [1.165, 1.54) is 23.2 Å². The lowest BCUT2D eigenvalue weighted by atomic mass is 10.1. The Morgan fingerprint density at radius 1 is 1.22 bits per heavy atom. The van der Waals surface area contributed by atoms with Crippen molar-refractivity contribution in [3.63, 3.8) is 0 Å². The van der Waals surface area contributed by atoms with Gasteiger partial charge in [-0.15, -0.1) is 0 Å². The number of amides is 2. The molecule has 0 atom stereocenters. The monoisotopic (exact) mass is 452 g/mol. The van der Waals surface area contributed by atoms with E-state index in [1.807, 2.05) is 12.1 Å². The Bertz CT molecular complexity index is 1210. The molecule has 0 fully saturated rings. The van der Waals surface area contributed by atoms with Gasteiger partial charge in [0, 0.05) is 11.2 Å². The van der Waals surface area contributed by atoms with Gasteiger partial charge in [-0.3, -0.25) is 14.5 Å². The number of aromatic nitrogens is 1. The molecule has 2 amide bonds. The molecule has 0 bridgehead atoms. The van der Waals surface area contributed by atoms with Crippen molar-refractivity contribution in [3.05, 3.63) is 77.2 Å². The van der Waals surface area contributed by atoms with Crippen LogP contribution in [-0.2, 0) is 9.59 Å². The van der Waals surface area contributed by atoms with E-state index in [-0.39, 0.29) is 35.4 Å². The number of carbonyl (C=O) groups is 2. The first-order chi connectivity index (χ1) is 15.4. The molecule has 162 valence electrons. The second kappa shape index (κ2) is 9.15. The standard InChI is InChI=1S/C23H18ClFN4O3/c1-32-16-7-4-14(5-8-16)20-12-22(31)29(23-19(27-20)3-2-10-26-23)13-21(30)28-18-9-6-15(24)11-17(18)25/h2-11H,12-13H2,1H3,(H,28,30). The molecule has 7 nitrogen and oxygen atoms in total. The highest BCUT2D eigenvalue weighted by molar-refractivity contribution is 6.30. The van der Waals surface area contributed by atoms with Gasteiger partial charge >= 0.3 is 0 Å². The molecule has 3 aromatic rings. The van der Waals surface area contributed by atoms with E-state index in [2.05, 4.69) is 15.3 Å². The van der Waals surface area contributed by atoms with E-state index in [0.29, 0.717) is 17.1 Å². The molecule has 0 spiro atoms. The quantitative estimate of drug-likeness (QED) is 0.622. The van der Waals surface area contributed by atoms with E-state index in [4.69, 9.17) is 16.3 Å².